The topological polar surface area (TPSA) is 66.9 Å². The van der Waals surface area contributed by atoms with Crippen molar-refractivity contribution in [1.29, 1.82) is 0 Å². The van der Waals surface area contributed by atoms with E-state index < -0.39 is 0 Å². The first-order valence-electron chi connectivity index (χ1n) is 8.52. The van der Waals surface area contributed by atoms with Crippen molar-refractivity contribution in [2.75, 3.05) is 10.6 Å². The van der Waals surface area contributed by atoms with Crippen LogP contribution in [0.25, 0.3) is 0 Å². The van der Waals surface area contributed by atoms with E-state index in [4.69, 9.17) is 0 Å². The Balaban J connectivity index is 1.65. The smallest absolute Gasteiger partial charge is 0.258 e. The number of amides is 1. The third kappa shape index (κ3) is 4.06. The molecule has 3 rings (SSSR count). The van der Waals surface area contributed by atoms with Crippen molar-refractivity contribution in [1.82, 2.24) is 9.97 Å². The summed E-state index contributed by atoms with van der Waals surface area (Å²) in [6.45, 7) is 6.65. The normalized spacial score (nSPS) is 10.4. The summed E-state index contributed by atoms with van der Waals surface area (Å²) < 4.78 is 0. The lowest BCUT2D eigenvalue weighted by Gasteiger charge is -2.11. The second kappa shape index (κ2) is 7.78. The zero-order valence-corrected chi connectivity index (χ0v) is 15.2. The van der Waals surface area contributed by atoms with Gasteiger partial charge >= 0.3 is 0 Å². The Kier molecular flexibility index (Phi) is 5.27. The summed E-state index contributed by atoms with van der Waals surface area (Å²) in [6, 6.07) is 14.1. The van der Waals surface area contributed by atoms with Crippen LogP contribution in [-0.2, 0) is 6.54 Å². The van der Waals surface area contributed by atoms with Gasteiger partial charge in [0.2, 0.25) is 5.95 Å². The average Bonchev–Trinajstić information content (AvgIpc) is 2.64. The monoisotopic (exact) mass is 346 g/mol. The molecule has 0 spiro atoms. The molecular formula is C21H22N4O. The van der Waals surface area contributed by atoms with Gasteiger partial charge in [0.05, 0.1) is 5.56 Å². The van der Waals surface area contributed by atoms with Crippen LogP contribution in [0.1, 0.15) is 32.6 Å². The predicted molar refractivity (Wildman–Crippen MR) is 104 cm³/mol. The molecule has 2 aromatic carbocycles. The van der Waals surface area contributed by atoms with Crippen molar-refractivity contribution in [3.63, 3.8) is 0 Å². The average molecular weight is 346 g/mol. The molecule has 0 radical (unpaired) electrons. The fraction of sp³-hybridized carbons (Fsp3) is 0.190. The second-order valence-corrected chi connectivity index (χ2v) is 6.30. The van der Waals surface area contributed by atoms with Gasteiger partial charge in [-0.25, -0.2) is 9.97 Å². The van der Waals surface area contributed by atoms with Crippen molar-refractivity contribution < 1.29 is 4.79 Å². The Morgan fingerprint density at radius 2 is 1.50 bits per heavy atom. The molecule has 0 bridgehead atoms. The number of nitrogens with zero attached hydrogens (tertiary/aromatic N) is 2. The van der Waals surface area contributed by atoms with E-state index in [9.17, 15) is 4.79 Å². The van der Waals surface area contributed by atoms with Crippen LogP contribution in [0.15, 0.2) is 54.9 Å². The number of aryl methyl sites for hydroxylation is 3. The summed E-state index contributed by atoms with van der Waals surface area (Å²) in [5.41, 5.74) is 5.71. The Labute approximate surface area is 153 Å². The lowest BCUT2D eigenvalue weighted by molar-refractivity contribution is 0.102. The van der Waals surface area contributed by atoms with E-state index in [1.165, 1.54) is 23.5 Å². The maximum Gasteiger partial charge on any atom is 0.258 e. The second-order valence-electron chi connectivity index (χ2n) is 6.30. The first kappa shape index (κ1) is 17.6. The minimum absolute atomic E-state index is 0.215. The molecule has 0 saturated carbocycles. The lowest BCUT2D eigenvalue weighted by Crippen LogP contribution is -2.15. The van der Waals surface area contributed by atoms with Crippen molar-refractivity contribution in [2.45, 2.75) is 27.3 Å². The number of hydrogen-bond donors (Lipinski definition) is 2. The Bertz CT molecular complexity index is 899. The number of anilines is 2. The third-order valence-corrected chi connectivity index (χ3v) is 4.33. The highest BCUT2D eigenvalue weighted by Crippen LogP contribution is 2.20. The predicted octanol–water partition coefficient (Wildman–Crippen LogP) is 4.27. The van der Waals surface area contributed by atoms with Crippen LogP contribution >= 0.6 is 0 Å². The van der Waals surface area contributed by atoms with E-state index in [0.29, 0.717) is 18.1 Å². The van der Waals surface area contributed by atoms with Gasteiger partial charge in [-0.3, -0.25) is 4.79 Å². The Morgan fingerprint density at radius 3 is 2.15 bits per heavy atom. The third-order valence-electron chi connectivity index (χ3n) is 4.33. The molecule has 3 aromatic rings. The molecule has 5 heteroatoms. The fourth-order valence-corrected chi connectivity index (χ4v) is 2.72. The van der Waals surface area contributed by atoms with E-state index in [0.717, 1.165) is 16.8 Å². The van der Waals surface area contributed by atoms with Crippen LogP contribution in [-0.4, -0.2) is 15.9 Å². The number of benzene rings is 2. The highest BCUT2D eigenvalue weighted by Gasteiger charge is 2.11. The Morgan fingerprint density at radius 1 is 0.885 bits per heavy atom. The molecule has 5 nitrogen and oxygen atoms in total. The van der Waals surface area contributed by atoms with Crippen molar-refractivity contribution >= 4 is 17.5 Å². The summed E-state index contributed by atoms with van der Waals surface area (Å²) in [5, 5.41) is 6.12. The highest BCUT2D eigenvalue weighted by molar-refractivity contribution is 6.04. The zero-order chi connectivity index (χ0) is 18.5. The van der Waals surface area contributed by atoms with E-state index in [-0.39, 0.29) is 5.91 Å². The quantitative estimate of drug-likeness (QED) is 0.724. The van der Waals surface area contributed by atoms with E-state index in [1.807, 2.05) is 44.2 Å². The lowest BCUT2D eigenvalue weighted by atomic mass is 10.1. The first-order valence-corrected chi connectivity index (χ1v) is 8.52. The molecule has 0 fully saturated rings. The minimum Gasteiger partial charge on any atom is -0.350 e. The van der Waals surface area contributed by atoms with E-state index in [2.05, 4.69) is 39.7 Å². The summed E-state index contributed by atoms with van der Waals surface area (Å²) >= 11 is 0. The number of para-hydroxylation sites is 1. The van der Waals surface area contributed by atoms with Gasteiger partial charge in [0.1, 0.15) is 0 Å². The maximum absolute atomic E-state index is 12.4. The number of hydrogen-bond acceptors (Lipinski definition) is 4. The number of carbonyl (C=O) groups is 1. The van der Waals surface area contributed by atoms with E-state index in [1.54, 1.807) is 0 Å². The van der Waals surface area contributed by atoms with Crippen LogP contribution in [0.5, 0.6) is 0 Å². The molecule has 0 saturated heterocycles. The molecule has 0 unspecified atom stereocenters. The molecule has 0 aliphatic heterocycles. The molecule has 1 aromatic heterocycles. The minimum atomic E-state index is -0.215. The zero-order valence-electron chi connectivity index (χ0n) is 15.2. The molecule has 132 valence electrons. The van der Waals surface area contributed by atoms with Gasteiger partial charge in [-0.05, 0) is 43.0 Å². The standard InChI is InChI=1S/C21H22N4O/c1-14-7-4-5-10-17(14)11-22-21-23-12-18(13-24-21)20(26)25-19-15(2)8-6-9-16(19)3/h4-10,12-13H,11H2,1-3H3,(H,25,26)(H,22,23,24). The van der Waals surface area contributed by atoms with Gasteiger partial charge < -0.3 is 10.6 Å². The van der Waals surface area contributed by atoms with Crippen LogP contribution in [0.4, 0.5) is 11.6 Å². The van der Waals surface area contributed by atoms with Gasteiger partial charge in [0.25, 0.3) is 5.91 Å². The Hall–Kier alpha value is -3.21. The SMILES string of the molecule is Cc1ccccc1CNc1ncc(C(=O)Nc2c(C)cccc2C)cn1. The van der Waals surface area contributed by atoms with Crippen LogP contribution in [0.2, 0.25) is 0 Å². The molecule has 1 amide bonds. The van der Waals surface area contributed by atoms with Crippen LogP contribution in [0.3, 0.4) is 0 Å². The molecule has 2 N–H and O–H groups in total. The van der Waals surface area contributed by atoms with Gasteiger partial charge in [0.15, 0.2) is 0 Å². The highest BCUT2D eigenvalue weighted by atomic mass is 16.1. The molecule has 0 aliphatic rings. The number of nitrogens with one attached hydrogen (secondary N) is 2. The van der Waals surface area contributed by atoms with Gasteiger partial charge in [-0.15, -0.1) is 0 Å². The number of carbonyl (C=O) groups excluding carboxylic acids is 1. The first-order chi connectivity index (χ1) is 12.5. The fourth-order valence-electron chi connectivity index (χ4n) is 2.72. The largest absolute Gasteiger partial charge is 0.350 e. The molecule has 1 heterocycles. The van der Waals surface area contributed by atoms with Crippen LogP contribution < -0.4 is 10.6 Å². The maximum atomic E-state index is 12.4. The molecule has 26 heavy (non-hydrogen) atoms. The summed E-state index contributed by atoms with van der Waals surface area (Å²) in [5.74, 6) is 0.282. The molecule has 0 aliphatic carbocycles. The van der Waals surface area contributed by atoms with Gasteiger partial charge in [-0.2, -0.15) is 0 Å². The molecule has 0 atom stereocenters. The van der Waals surface area contributed by atoms with Crippen LogP contribution in [0, 0.1) is 20.8 Å². The van der Waals surface area contributed by atoms with Crippen molar-refractivity contribution in [3.05, 3.63) is 82.7 Å². The molecular weight excluding hydrogens is 324 g/mol. The van der Waals surface area contributed by atoms with Crippen molar-refractivity contribution in [2.24, 2.45) is 0 Å². The number of aromatic nitrogens is 2. The van der Waals surface area contributed by atoms with Gasteiger partial charge in [-0.1, -0.05) is 42.5 Å². The van der Waals surface area contributed by atoms with Crippen molar-refractivity contribution in [3.8, 4) is 0 Å². The summed E-state index contributed by atoms with van der Waals surface area (Å²) in [7, 11) is 0. The summed E-state index contributed by atoms with van der Waals surface area (Å²) in [4.78, 5) is 20.9. The van der Waals surface area contributed by atoms with E-state index >= 15 is 0 Å². The summed E-state index contributed by atoms with van der Waals surface area (Å²) in [6.07, 6.45) is 3.08. The number of rotatable bonds is 5. The van der Waals surface area contributed by atoms with Gasteiger partial charge in [0, 0.05) is 24.6 Å².